The highest BCUT2D eigenvalue weighted by Crippen LogP contribution is 2.28. The lowest BCUT2D eigenvalue weighted by atomic mass is 9.84. The van der Waals surface area contributed by atoms with E-state index < -0.39 is 0 Å². The number of aryl methyl sites for hydroxylation is 1. The predicted molar refractivity (Wildman–Crippen MR) is 99.4 cm³/mol. The first kappa shape index (κ1) is 17.9. The van der Waals surface area contributed by atoms with Crippen molar-refractivity contribution in [3.05, 3.63) is 29.8 Å². The van der Waals surface area contributed by atoms with Crippen molar-refractivity contribution in [2.45, 2.75) is 45.6 Å². The lowest BCUT2D eigenvalue weighted by Gasteiger charge is -2.31. The molecule has 5 heteroatoms. The number of hydrogen-bond acceptors (Lipinski definition) is 3. The monoisotopic (exact) mass is 343 g/mol. The molecule has 0 bridgehead atoms. The Hall–Kier alpha value is -1.88. The molecule has 1 N–H and O–H groups in total. The molecule has 1 aliphatic carbocycles. The molecule has 1 aromatic carbocycles. The standard InChI is InChI=1S/C20H29N3O2/c1-15-6-3-9-18(14-15)21-19(24)16(2)22-10-5-11-23(13-12-22)20(25)17-7-4-8-17/h3,6,9,14,16-17H,4-5,7-8,10-13H2,1-2H3,(H,21,24)/t16-/m0/s1. The van der Waals surface area contributed by atoms with E-state index in [2.05, 4.69) is 10.2 Å². The molecule has 25 heavy (non-hydrogen) atoms. The molecule has 136 valence electrons. The Bertz CT molecular complexity index is 627. The largest absolute Gasteiger partial charge is 0.341 e. The van der Waals surface area contributed by atoms with E-state index in [9.17, 15) is 9.59 Å². The Balaban J connectivity index is 1.54. The summed E-state index contributed by atoms with van der Waals surface area (Å²) in [6.45, 7) is 7.14. The minimum atomic E-state index is -0.195. The van der Waals surface area contributed by atoms with Crippen LogP contribution < -0.4 is 5.32 Å². The zero-order chi connectivity index (χ0) is 17.8. The Morgan fingerprint density at radius 1 is 1.12 bits per heavy atom. The summed E-state index contributed by atoms with van der Waals surface area (Å²) in [7, 11) is 0. The molecule has 1 atom stereocenters. The van der Waals surface area contributed by atoms with E-state index >= 15 is 0 Å². The number of benzene rings is 1. The highest BCUT2D eigenvalue weighted by Gasteiger charge is 2.31. The Morgan fingerprint density at radius 2 is 1.92 bits per heavy atom. The van der Waals surface area contributed by atoms with E-state index in [1.807, 2.05) is 43.0 Å². The van der Waals surface area contributed by atoms with E-state index in [1.54, 1.807) is 0 Å². The zero-order valence-electron chi connectivity index (χ0n) is 15.3. The van der Waals surface area contributed by atoms with Crippen LogP contribution in [-0.2, 0) is 9.59 Å². The second-order valence-electron chi connectivity index (χ2n) is 7.38. The molecule has 2 fully saturated rings. The number of nitrogens with zero attached hydrogens (tertiary/aromatic N) is 2. The number of carbonyl (C=O) groups excluding carboxylic acids is 2. The van der Waals surface area contributed by atoms with Gasteiger partial charge < -0.3 is 10.2 Å². The third-order valence-corrected chi connectivity index (χ3v) is 5.51. The molecule has 1 heterocycles. The average molecular weight is 343 g/mol. The number of rotatable bonds is 4. The number of amides is 2. The molecule has 3 rings (SSSR count). The molecule has 2 amide bonds. The minimum absolute atomic E-state index is 0.0179. The van der Waals surface area contributed by atoms with Gasteiger partial charge in [0.15, 0.2) is 0 Å². The van der Waals surface area contributed by atoms with Crippen LogP contribution in [-0.4, -0.2) is 53.8 Å². The maximum absolute atomic E-state index is 12.6. The average Bonchev–Trinajstić information content (AvgIpc) is 2.78. The molecule has 0 radical (unpaired) electrons. The van der Waals surface area contributed by atoms with Gasteiger partial charge in [0, 0.05) is 37.8 Å². The van der Waals surface area contributed by atoms with Gasteiger partial charge >= 0.3 is 0 Å². The van der Waals surface area contributed by atoms with Crippen molar-refractivity contribution in [2.75, 3.05) is 31.5 Å². The van der Waals surface area contributed by atoms with Gasteiger partial charge in [-0.3, -0.25) is 14.5 Å². The van der Waals surface area contributed by atoms with Crippen LogP contribution in [0, 0.1) is 12.8 Å². The molecule has 0 spiro atoms. The molecule has 0 aromatic heterocycles. The summed E-state index contributed by atoms with van der Waals surface area (Å²) in [5.41, 5.74) is 1.97. The maximum Gasteiger partial charge on any atom is 0.241 e. The quantitative estimate of drug-likeness (QED) is 0.914. The van der Waals surface area contributed by atoms with Crippen molar-refractivity contribution in [1.82, 2.24) is 9.80 Å². The minimum Gasteiger partial charge on any atom is -0.341 e. The van der Waals surface area contributed by atoms with Gasteiger partial charge in [0.05, 0.1) is 6.04 Å². The Labute approximate surface area is 150 Å². The summed E-state index contributed by atoms with van der Waals surface area (Å²) < 4.78 is 0. The van der Waals surface area contributed by atoms with Crippen LogP contribution in [0.4, 0.5) is 5.69 Å². The van der Waals surface area contributed by atoms with Crippen molar-refractivity contribution >= 4 is 17.5 Å². The smallest absolute Gasteiger partial charge is 0.241 e. The Morgan fingerprint density at radius 3 is 2.60 bits per heavy atom. The number of hydrogen-bond donors (Lipinski definition) is 1. The first-order valence-corrected chi connectivity index (χ1v) is 9.45. The van der Waals surface area contributed by atoms with Gasteiger partial charge in [0.1, 0.15) is 0 Å². The van der Waals surface area contributed by atoms with Gasteiger partial charge in [0.2, 0.25) is 11.8 Å². The molecule has 2 aliphatic rings. The lowest BCUT2D eigenvalue weighted by Crippen LogP contribution is -2.45. The topological polar surface area (TPSA) is 52.7 Å². The van der Waals surface area contributed by atoms with E-state index in [0.717, 1.165) is 56.7 Å². The van der Waals surface area contributed by atoms with Crippen LogP contribution in [0.5, 0.6) is 0 Å². The van der Waals surface area contributed by atoms with Gasteiger partial charge in [-0.25, -0.2) is 0 Å². The van der Waals surface area contributed by atoms with Crippen molar-refractivity contribution < 1.29 is 9.59 Å². The second-order valence-corrected chi connectivity index (χ2v) is 7.38. The fraction of sp³-hybridized carbons (Fsp3) is 0.600. The van der Waals surface area contributed by atoms with Gasteiger partial charge in [-0.1, -0.05) is 18.6 Å². The summed E-state index contributed by atoms with van der Waals surface area (Å²) in [5, 5.41) is 3.01. The van der Waals surface area contributed by atoms with E-state index in [0.29, 0.717) is 5.91 Å². The van der Waals surface area contributed by atoms with Crippen molar-refractivity contribution in [3.63, 3.8) is 0 Å². The fourth-order valence-electron chi connectivity index (χ4n) is 3.59. The highest BCUT2D eigenvalue weighted by molar-refractivity contribution is 5.94. The lowest BCUT2D eigenvalue weighted by molar-refractivity contribution is -0.138. The second kappa shape index (κ2) is 8.00. The summed E-state index contributed by atoms with van der Waals surface area (Å²) >= 11 is 0. The normalized spacial score (nSPS) is 20.5. The van der Waals surface area contributed by atoms with Gasteiger partial charge in [-0.05, 0) is 50.8 Å². The van der Waals surface area contributed by atoms with Crippen molar-refractivity contribution in [1.29, 1.82) is 0 Å². The summed E-state index contributed by atoms with van der Waals surface area (Å²) in [6.07, 6.45) is 4.22. The predicted octanol–water partition coefficient (Wildman–Crippen LogP) is 2.66. The van der Waals surface area contributed by atoms with Crippen LogP contribution >= 0.6 is 0 Å². The number of anilines is 1. The molecule has 1 saturated heterocycles. The van der Waals surface area contributed by atoms with Crippen LogP contribution in [0.15, 0.2) is 24.3 Å². The van der Waals surface area contributed by atoms with Gasteiger partial charge in [0.25, 0.3) is 0 Å². The van der Waals surface area contributed by atoms with E-state index in [4.69, 9.17) is 0 Å². The third kappa shape index (κ3) is 4.40. The van der Waals surface area contributed by atoms with Gasteiger partial charge in [-0.15, -0.1) is 0 Å². The molecular formula is C20H29N3O2. The van der Waals surface area contributed by atoms with Crippen molar-refractivity contribution in [2.24, 2.45) is 5.92 Å². The number of nitrogens with one attached hydrogen (secondary N) is 1. The van der Waals surface area contributed by atoms with E-state index in [-0.39, 0.29) is 17.9 Å². The van der Waals surface area contributed by atoms with Crippen molar-refractivity contribution in [3.8, 4) is 0 Å². The third-order valence-electron chi connectivity index (χ3n) is 5.51. The summed E-state index contributed by atoms with van der Waals surface area (Å²) in [6, 6.07) is 7.66. The van der Waals surface area contributed by atoms with Crippen LogP contribution in [0.3, 0.4) is 0 Å². The molecular weight excluding hydrogens is 314 g/mol. The molecule has 0 unspecified atom stereocenters. The van der Waals surface area contributed by atoms with Gasteiger partial charge in [-0.2, -0.15) is 0 Å². The number of carbonyl (C=O) groups is 2. The molecule has 1 saturated carbocycles. The fourth-order valence-corrected chi connectivity index (χ4v) is 3.59. The Kier molecular flexibility index (Phi) is 5.74. The first-order chi connectivity index (χ1) is 12.0. The maximum atomic E-state index is 12.6. The molecule has 1 aromatic rings. The van der Waals surface area contributed by atoms with Crippen LogP contribution in [0.2, 0.25) is 0 Å². The highest BCUT2D eigenvalue weighted by atomic mass is 16.2. The molecule has 1 aliphatic heterocycles. The van der Waals surface area contributed by atoms with E-state index in [1.165, 1.54) is 6.42 Å². The van der Waals surface area contributed by atoms with Crippen LogP contribution in [0.25, 0.3) is 0 Å². The first-order valence-electron chi connectivity index (χ1n) is 9.45. The SMILES string of the molecule is Cc1cccc(NC(=O)[C@H](C)N2CCCN(C(=O)C3CCC3)CC2)c1. The summed E-state index contributed by atoms with van der Waals surface area (Å²) in [4.78, 5) is 29.2. The zero-order valence-corrected chi connectivity index (χ0v) is 15.3. The van der Waals surface area contributed by atoms with Crippen LogP contribution in [0.1, 0.15) is 38.2 Å². The summed E-state index contributed by atoms with van der Waals surface area (Å²) in [5.74, 6) is 0.600. The molecule has 5 nitrogen and oxygen atoms in total.